The van der Waals surface area contributed by atoms with Crippen LogP contribution < -0.4 is 19.1 Å². The number of hydrogen-bond acceptors (Lipinski definition) is 7. The third kappa shape index (κ3) is 4.91. The summed E-state index contributed by atoms with van der Waals surface area (Å²) in [6.45, 7) is 7.85. The third-order valence-corrected chi connectivity index (χ3v) is 7.08. The van der Waals surface area contributed by atoms with E-state index in [-0.39, 0.29) is 5.91 Å². The van der Waals surface area contributed by atoms with E-state index in [0.29, 0.717) is 46.3 Å². The SMILES string of the molecule is COc1cc(-c2ncc(C(=O)N3CCC(C)CC3)c(N3CCC(C)CC3)n2)cc(OC)c1OC. The zero-order valence-corrected chi connectivity index (χ0v) is 21.0. The van der Waals surface area contributed by atoms with E-state index >= 15 is 0 Å². The number of anilines is 1. The van der Waals surface area contributed by atoms with Crippen molar-refractivity contribution in [1.82, 2.24) is 14.9 Å². The van der Waals surface area contributed by atoms with Gasteiger partial charge in [-0.1, -0.05) is 13.8 Å². The Bertz CT molecular complexity index is 987. The molecule has 0 aliphatic carbocycles. The molecule has 3 heterocycles. The fourth-order valence-corrected chi connectivity index (χ4v) is 4.72. The van der Waals surface area contributed by atoms with Crippen molar-refractivity contribution in [3.05, 3.63) is 23.9 Å². The van der Waals surface area contributed by atoms with Crippen LogP contribution in [0.5, 0.6) is 17.2 Å². The van der Waals surface area contributed by atoms with Gasteiger partial charge in [0, 0.05) is 37.9 Å². The van der Waals surface area contributed by atoms with Gasteiger partial charge in [-0.25, -0.2) is 9.97 Å². The Balaban J connectivity index is 1.74. The maximum atomic E-state index is 13.5. The van der Waals surface area contributed by atoms with Crippen LogP contribution >= 0.6 is 0 Å². The van der Waals surface area contributed by atoms with E-state index in [1.807, 2.05) is 17.0 Å². The van der Waals surface area contributed by atoms with Gasteiger partial charge in [0.15, 0.2) is 17.3 Å². The number of aromatic nitrogens is 2. The van der Waals surface area contributed by atoms with E-state index in [1.54, 1.807) is 27.5 Å². The maximum absolute atomic E-state index is 13.5. The summed E-state index contributed by atoms with van der Waals surface area (Å²) in [5.74, 6) is 4.20. The highest BCUT2D eigenvalue weighted by Gasteiger charge is 2.28. The molecule has 0 N–H and O–H groups in total. The number of amides is 1. The number of benzene rings is 1. The van der Waals surface area contributed by atoms with Gasteiger partial charge in [0.1, 0.15) is 11.4 Å². The van der Waals surface area contributed by atoms with Gasteiger partial charge < -0.3 is 24.0 Å². The number of nitrogens with zero attached hydrogens (tertiary/aromatic N) is 4. The Hall–Kier alpha value is -3.03. The molecule has 8 heteroatoms. The van der Waals surface area contributed by atoms with Crippen LogP contribution in [0.25, 0.3) is 11.4 Å². The smallest absolute Gasteiger partial charge is 0.259 e. The van der Waals surface area contributed by atoms with E-state index in [1.165, 1.54) is 0 Å². The van der Waals surface area contributed by atoms with Crippen molar-refractivity contribution in [2.24, 2.45) is 11.8 Å². The molecule has 2 aliphatic heterocycles. The van der Waals surface area contributed by atoms with Crippen molar-refractivity contribution in [2.45, 2.75) is 39.5 Å². The molecule has 2 fully saturated rings. The summed E-state index contributed by atoms with van der Waals surface area (Å²) < 4.78 is 16.5. The minimum Gasteiger partial charge on any atom is -0.493 e. The lowest BCUT2D eigenvalue weighted by molar-refractivity contribution is 0.0697. The summed E-state index contributed by atoms with van der Waals surface area (Å²) in [7, 11) is 4.75. The maximum Gasteiger partial charge on any atom is 0.259 e. The van der Waals surface area contributed by atoms with Crippen LogP contribution in [0.3, 0.4) is 0 Å². The number of methoxy groups -OCH3 is 3. The van der Waals surface area contributed by atoms with Gasteiger partial charge >= 0.3 is 0 Å². The monoisotopic (exact) mass is 468 g/mol. The molecule has 1 amide bonds. The molecule has 184 valence electrons. The highest BCUT2D eigenvalue weighted by Crippen LogP contribution is 2.41. The Morgan fingerprint density at radius 2 is 1.44 bits per heavy atom. The first-order valence-electron chi connectivity index (χ1n) is 12.2. The number of rotatable bonds is 6. The number of ether oxygens (including phenoxy) is 3. The van der Waals surface area contributed by atoms with E-state index < -0.39 is 0 Å². The van der Waals surface area contributed by atoms with E-state index in [9.17, 15) is 4.79 Å². The summed E-state index contributed by atoms with van der Waals surface area (Å²) in [6, 6.07) is 3.68. The topological polar surface area (TPSA) is 77.0 Å². The molecule has 0 atom stereocenters. The Morgan fingerprint density at radius 1 is 0.882 bits per heavy atom. The van der Waals surface area contributed by atoms with Crippen LogP contribution in [0.15, 0.2) is 18.3 Å². The van der Waals surface area contributed by atoms with Gasteiger partial charge in [-0.2, -0.15) is 0 Å². The first-order chi connectivity index (χ1) is 16.4. The van der Waals surface area contributed by atoms with E-state index in [0.717, 1.165) is 57.4 Å². The molecule has 2 saturated heterocycles. The van der Waals surface area contributed by atoms with Gasteiger partial charge in [-0.05, 0) is 49.7 Å². The highest BCUT2D eigenvalue weighted by molar-refractivity contribution is 5.99. The summed E-state index contributed by atoms with van der Waals surface area (Å²) in [6.07, 6.45) is 5.93. The van der Waals surface area contributed by atoms with Crippen LogP contribution in [-0.2, 0) is 0 Å². The molecule has 4 rings (SSSR count). The molecule has 0 unspecified atom stereocenters. The fraction of sp³-hybridized carbons (Fsp3) is 0.577. The Kier molecular flexibility index (Phi) is 7.44. The van der Waals surface area contributed by atoms with Crippen LogP contribution in [0.1, 0.15) is 49.9 Å². The minimum absolute atomic E-state index is 0.0250. The molecule has 1 aromatic heterocycles. The van der Waals surface area contributed by atoms with Gasteiger partial charge in [-0.15, -0.1) is 0 Å². The molecular weight excluding hydrogens is 432 g/mol. The molecule has 2 aliphatic rings. The quantitative estimate of drug-likeness (QED) is 0.626. The molecule has 8 nitrogen and oxygen atoms in total. The van der Waals surface area contributed by atoms with Crippen molar-refractivity contribution >= 4 is 11.7 Å². The first-order valence-corrected chi connectivity index (χ1v) is 12.2. The Morgan fingerprint density at radius 3 is 1.97 bits per heavy atom. The number of likely N-dealkylation sites (tertiary alicyclic amines) is 1. The summed E-state index contributed by atoms with van der Waals surface area (Å²) >= 11 is 0. The second-order valence-corrected chi connectivity index (χ2v) is 9.49. The molecular formula is C26H36N4O4. The second kappa shape index (κ2) is 10.5. The van der Waals surface area contributed by atoms with Crippen molar-refractivity contribution in [3.8, 4) is 28.6 Å². The van der Waals surface area contributed by atoms with Crippen LogP contribution in [0, 0.1) is 11.8 Å². The van der Waals surface area contributed by atoms with Gasteiger partial charge in [0.05, 0.1) is 21.3 Å². The van der Waals surface area contributed by atoms with Crippen LogP contribution in [-0.4, -0.2) is 68.3 Å². The number of hydrogen-bond donors (Lipinski definition) is 0. The normalized spacial score (nSPS) is 17.6. The summed E-state index contributed by atoms with van der Waals surface area (Å²) in [4.78, 5) is 27.3. The first kappa shape index (κ1) is 24.1. The highest BCUT2D eigenvalue weighted by atomic mass is 16.5. The van der Waals surface area contributed by atoms with Crippen LogP contribution in [0.2, 0.25) is 0 Å². The predicted octanol–water partition coefficient (Wildman–Crippen LogP) is 4.28. The van der Waals surface area contributed by atoms with Gasteiger partial charge in [0.25, 0.3) is 5.91 Å². The standard InChI is InChI=1S/C26H36N4O4/c1-17-6-10-29(11-7-17)25-20(26(31)30-12-8-18(2)9-13-30)16-27-24(28-25)19-14-21(32-3)23(34-5)22(15-19)33-4/h14-18H,6-13H2,1-5H3. The Labute approximate surface area is 202 Å². The molecule has 0 radical (unpaired) electrons. The van der Waals surface area contributed by atoms with E-state index in [4.69, 9.17) is 19.2 Å². The predicted molar refractivity (Wildman–Crippen MR) is 132 cm³/mol. The number of piperidine rings is 2. The number of carbonyl (C=O) groups is 1. The summed E-state index contributed by atoms with van der Waals surface area (Å²) in [5.41, 5.74) is 1.33. The largest absolute Gasteiger partial charge is 0.493 e. The lowest BCUT2D eigenvalue weighted by Gasteiger charge is -2.34. The van der Waals surface area contributed by atoms with Gasteiger partial charge in [-0.3, -0.25) is 4.79 Å². The van der Waals surface area contributed by atoms with Crippen molar-refractivity contribution in [1.29, 1.82) is 0 Å². The molecule has 1 aromatic carbocycles. The second-order valence-electron chi connectivity index (χ2n) is 9.49. The average Bonchev–Trinajstić information content (AvgIpc) is 2.88. The van der Waals surface area contributed by atoms with E-state index in [2.05, 4.69) is 23.7 Å². The fourth-order valence-electron chi connectivity index (χ4n) is 4.72. The minimum atomic E-state index is 0.0250. The summed E-state index contributed by atoms with van der Waals surface area (Å²) in [5, 5.41) is 0. The zero-order valence-electron chi connectivity index (χ0n) is 21.0. The van der Waals surface area contributed by atoms with Gasteiger partial charge in [0.2, 0.25) is 5.75 Å². The molecule has 0 bridgehead atoms. The lowest BCUT2D eigenvalue weighted by Crippen LogP contribution is -2.40. The molecule has 0 spiro atoms. The lowest BCUT2D eigenvalue weighted by atomic mass is 9.98. The van der Waals surface area contributed by atoms with Crippen LogP contribution in [0.4, 0.5) is 5.82 Å². The van der Waals surface area contributed by atoms with Crippen molar-refractivity contribution in [2.75, 3.05) is 52.4 Å². The number of carbonyl (C=O) groups excluding carboxylic acids is 1. The molecule has 2 aromatic rings. The molecule has 34 heavy (non-hydrogen) atoms. The average molecular weight is 469 g/mol. The molecule has 0 saturated carbocycles. The van der Waals surface area contributed by atoms with Crippen molar-refractivity contribution in [3.63, 3.8) is 0 Å². The van der Waals surface area contributed by atoms with Crippen molar-refractivity contribution < 1.29 is 19.0 Å². The third-order valence-electron chi connectivity index (χ3n) is 7.08. The zero-order chi connectivity index (χ0) is 24.2.